The molecule has 1 N–H and O–H groups in total. The van der Waals surface area contributed by atoms with Crippen LogP contribution in [-0.4, -0.2) is 45.5 Å². The minimum atomic E-state index is -0.369. The number of nitrogens with zero attached hydrogens (tertiary/aromatic N) is 4. The summed E-state index contributed by atoms with van der Waals surface area (Å²) in [7, 11) is 1.85. The molecule has 2 amide bonds. The first-order valence-electron chi connectivity index (χ1n) is 11.0. The van der Waals surface area contributed by atoms with Gasteiger partial charge in [-0.2, -0.15) is 0 Å². The van der Waals surface area contributed by atoms with Crippen LogP contribution in [0.2, 0.25) is 0 Å². The molecular weight excluding hydrogens is 457 g/mol. The Morgan fingerprint density at radius 3 is 2.76 bits per heavy atom. The highest BCUT2D eigenvalue weighted by atomic mass is 32.2. The lowest BCUT2D eigenvalue weighted by atomic mass is 10.1. The molecule has 3 aromatic rings. The summed E-state index contributed by atoms with van der Waals surface area (Å²) in [5.41, 5.74) is 1.22. The fraction of sp³-hybridized carbons (Fsp3) is 0.333. The number of carbonyl (C=O) groups excluding carboxylic acids is 2. The number of anilines is 1. The zero-order chi connectivity index (χ0) is 24.1. The monoisotopic (exact) mass is 483 g/mol. The number of rotatable bonds is 9. The number of aromatic nitrogens is 3. The summed E-state index contributed by atoms with van der Waals surface area (Å²) in [5.74, 6) is 1.40. The first kappa shape index (κ1) is 23.7. The van der Waals surface area contributed by atoms with E-state index in [1.807, 2.05) is 24.6 Å². The van der Waals surface area contributed by atoms with Gasteiger partial charge in [0.15, 0.2) is 11.0 Å². The highest BCUT2D eigenvalue weighted by Gasteiger charge is 2.23. The van der Waals surface area contributed by atoms with Gasteiger partial charge in [-0.25, -0.2) is 4.39 Å². The highest BCUT2D eigenvalue weighted by Crippen LogP contribution is 2.23. The normalized spacial score (nSPS) is 14.3. The third-order valence-corrected chi connectivity index (χ3v) is 6.48. The molecule has 1 saturated heterocycles. The predicted molar refractivity (Wildman–Crippen MR) is 128 cm³/mol. The van der Waals surface area contributed by atoms with Crippen molar-refractivity contribution >= 4 is 29.3 Å². The Kier molecular flexibility index (Phi) is 7.46. The smallest absolute Gasteiger partial charge is 0.251 e. The Morgan fingerprint density at radius 2 is 2.03 bits per heavy atom. The molecule has 1 aliphatic rings. The summed E-state index contributed by atoms with van der Waals surface area (Å²) >= 11 is 1.48. The molecule has 0 saturated carbocycles. The van der Waals surface area contributed by atoms with Crippen LogP contribution in [0.4, 0.5) is 10.1 Å². The summed E-state index contributed by atoms with van der Waals surface area (Å²) in [4.78, 5) is 26.6. The van der Waals surface area contributed by atoms with Crippen LogP contribution in [0.5, 0.6) is 5.75 Å². The van der Waals surface area contributed by atoms with Crippen molar-refractivity contribution in [2.24, 2.45) is 7.05 Å². The van der Waals surface area contributed by atoms with Crippen LogP contribution < -0.4 is 15.0 Å². The van der Waals surface area contributed by atoms with Crippen LogP contribution in [0.3, 0.4) is 0 Å². The molecule has 0 spiro atoms. The third kappa shape index (κ3) is 5.56. The number of nitrogens with one attached hydrogen (secondary N) is 1. The van der Waals surface area contributed by atoms with Crippen molar-refractivity contribution in [1.82, 2.24) is 20.1 Å². The maximum absolute atomic E-state index is 13.0. The zero-order valence-electron chi connectivity index (χ0n) is 19.0. The van der Waals surface area contributed by atoms with E-state index in [4.69, 9.17) is 4.74 Å². The molecule has 2 aromatic carbocycles. The zero-order valence-corrected chi connectivity index (χ0v) is 19.8. The maximum Gasteiger partial charge on any atom is 0.251 e. The number of amides is 2. The highest BCUT2D eigenvalue weighted by molar-refractivity contribution is 7.99. The molecule has 178 valence electrons. The lowest BCUT2D eigenvalue weighted by Gasteiger charge is -2.17. The minimum Gasteiger partial charge on any atom is -0.493 e. The SMILES string of the molecule is CC(NC(=O)c1cccc(N2CCCC2=O)c1)c1nnc(SCCOc2ccc(F)cc2)n1C. The molecule has 1 aromatic heterocycles. The second-order valence-electron chi connectivity index (χ2n) is 7.95. The van der Waals surface area contributed by atoms with Gasteiger partial charge in [-0.05, 0) is 55.8 Å². The van der Waals surface area contributed by atoms with E-state index in [1.54, 1.807) is 35.2 Å². The summed E-state index contributed by atoms with van der Waals surface area (Å²) in [6.07, 6.45) is 1.37. The molecule has 1 aliphatic heterocycles. The van der Waals surface area contributed by atoms with E-state index in [-0.39, 0.29) is 23.7 Å². The fourth-order valence-electron chi connectivity index (χ4n) is 3.73. The topological polar surface area (TPSA) is 89.3 Å². The Hall–Kier alpha value is -3.40. The lowest BCUT2D eigenvalue weighted by Crippen LogP contribution is -2.29. The quantitative estimate of drug-likeness (QED) is 0.368. The van der Waals surface area contributed by atoms with Crippen molar-refractivity contribution < 1.29 is 18.7 Å². The number of thioether (sulfide) groups is 1. The van der Waals surface area contributed by atoms with Crippen LogP contribution in [-0.2, 0) is 11.8 Å². The van der Waals surface area contributed by atoms with Crippen molar-refractivity contribution in [2.75, 3.05) is 23.8 Å². The lowest BCUT2D eigenvalue weighted by molar-refractivity contribution is -0.117. The number of carbonyl (C=O) groups is 2. The molecule has 1 fully saturated rings. The Morgan fingerprint density at radius 1 is 1.24 bits per heavy atom. The summed E-state index contributed by atoms with van der Waals surface area (Å²) < 4.78 is 20.4. The second kappa shape index (κ2) is 10.7. The summed E-state index contributed by atoms with van der Waals surface area (Å²) in [5, 5.41) is 12.1. The van der Waals surface area contributed by atoms with E-state index in [9.17, 15) is 14.0 Å². The Bertz CT molecular complexity index is 1170. The van der Waals surface area contributed by atoms with E-state index in [0.29, 0.717) is 47.6 Å². The molecule has 1 unspecified atom stereocenters. The first-order chi connectivity index (χ1) is 16.4. The van der Waals surface area contributed by atoms with Crippen molar-refractivity contribution in [2.45, 2.75) is 31.0 Å². The molecule has 0 aliphatic carbocycles. The molecule has 34 heavy (non-hydrogen) atoms. The average molecular weight is 484 g/mol. The van der Waals surface area contributed by atoms with Crippen LogP contribution in [0.15, 0.2) is 53.7 Å². The van der Waals surface area contributed by atoms with Crippen molar-refractivity contribution in [3.63, 3.8) is 0 Å². The van der Waals surface area contributed by atoms with Gasteiger partial charge in [0.25, 0.3) is 5.91 Å². The van der Waals surface area contributed by atoms with Gasteiger partial charge in [-0.3, -0.25) is 9.59 Å². The number of hydrogen-bond donors (Lipinski definition) is 1. The number of benzene rings is 2. The van der Waals surface area contributed by atoms with Crippen molar-refractivity contribution in [1.29, 1.82) is 0 Å². The van der Waals surface area contributed by atoms with Gasteiger partial charge in [0.05, 0.1) is 12.6 Å². The molecule has 8 nitrogen and oxygen atoms in total. The van der Waals surface area contributed by atoms with Crippen molar-refractivity contribution in [3.05, 3.63) is 65.7 Å². The Labute approximate surface area is 201 Å². The first-order valence-corrected chi connectivity index (χ1v) is 12.0. The summed E-state index contributed by atoms with van der Waals surface area (Å²) in [6.45, 7) is 2.96. The predicted octanol–water partition coefficient (Wildman–Crippen LogP) is 3.74. The van der Waals surface area contributed by atoms with Gasteiger partial charge in [0, 0.05) is 37.0 Å². The maximum atomic E-state index is 13.0. The molecular formula is C24H26FN5O3S. The van der Waals surface area contributed by atoms with Gasteiger partial charge in [-0.1, -0.05) is 17.8 Å². The second-order valence-corrected chi connectivity index (χ2v) is 9.01. The van der Waals surface area contributed by atoms with Gasteiger partial charge < -0.3 is 19.5 Å². The van der Waals surface area contributed by atoms with E-state index in [2.05, 4.69) is 15.5 Å². The minimum absolute atomic E-state index is 0.0816. The van der Waals surface area contributed by atoms with E-state index >= 15 is 0 Å². The van der Waals surface area contributed by atoms with E-state index in [0.717, 1.165) is 12.1 Å². The molecule has 1 atom stereocenters. The number of ether oxygens (including phenoxy) is 1. The van der Waals surface area contributed by atoms with Crippen LogP contribution in [0, 0.1) is 5.82 Å². The molecule has 0 bridgehead atoms. The molecule has 10 heteroatoms. The largest absolute Gasteiger partial charge is 0.493 e. The van der Waals surface area contributed by atoms with E-state index < -0.39 is 0 Å². The standard InChI is InChI=1S/C24H26FN5O3S/c1-16(26-23(32)17-5-3-6-19(15-17)30-12-4-7-21(30)31)22-27-28-24(29(22)2)34-14-13-33-20-10-8-18(25)9-11-20/h3,5-6,8-11,15-16H,4,7,12-14H2,1-2H3,(H,26,32). The van der Waals surface area contributed by atoms with Crippen LogP contribution in [0.1, 0.15) is 42.0 Å². The number of halogens is 1. The molecule has 0 radical (unpaired) electrons. The van der Waals surface area contributed by atoms with Gasteiger partial charge in [0.1, 0.15) is 11.6 Å². The van der Waals surface area contributed by atoms with Gasteiger partial charge >= 0.3 is 0 Å². The fourth-order valence-corrected chi connectivity index (χ4v) is 4.47. The van der Waals surface area contributed by atoms with Gasteiger partial charge in [-0.15, -0.1) is 10.2 Å². The van der Waals surface area contributed by atoms with Crippen LogP contribution in [0.25, 0.3) is 0 Å². The van der Waals surface area contributed by atoms with E-state index in [1.165, 1.54) is 23.9 Å². The Balaban J connectivity index is 1.32. The average Bonchev–Trinajstić information content (AvgIpc) is 3.43. The van der Waals surface area contributed by atoms with Gasteiger partial charge in [0.2, 0.25) is 5.91 Å². The molecule has 4 rings (SSSR count). The molecule has 2 heterocycles. The summed E-state index contributed by atoms with van der Waals surface area (Å²) in [6, 6.07) is 12.6. The van der Waals surface area contributed by atoms with Crippen LogP contribution >= 0.6 is 11.8 Å². The third-order valence-electron chi connectivity index (χ3n) is 5.49. The van der Waals surface area contributed by atoms with Crippen molar-refractivity contribution in [3.8, 4) is 5.75 Å². The number of hydrogen-bond acceptors (Lipinski definition) is 6.